The molecule has 1 aliphatic carbocycles. The van der Waals surface area contributed by atoms with Crippen molar-refractivity contribution in [3.05, 3.63) is 35.4 Å². The van der Waals surface area contributed by atoms with E-state index in [4.69, 9.17) is 4.99 Å². The Bertz CT molecular complexity index is 681. The summed E-state index contributed by atoms with van der Waals surface area (Å²) in [6.07, 6.45) is 10.9. The molecule has 3 fully saturated rings. The van der Waals surface area contributed by atoms with Crippen molar-refractivity contribution < 1.29 is 0 Å². The van der Waals surface area contributed by atoms with Crippen molar-refractivity contribution in [2.24, 2.45) is 4.99 Å². The van der Waals surface area contributed by atoms with Gasteiger partial charge < -0.3 is 9.62 Å². The van der Waals surface area contributed by atoms with Gasteiger partial charge in [0.15, 0.2) is 5.50 Å². The first-order chi connectivity index (χ1) is 13.4. The molecule has 0 aromatic heterocycles. The van der Waals surface area contributed by atoms with Crippen LogP contribution in [0.4, 0.5) is 0 Å². The predicted octanol–water partition coefficient (Wildman–Crippen LogP) is 4.19. The smallest absolute Gasteiger partial charge is 0.170 e. The Labute approximate surface area is 167 Å². The second-order valence-electron chi connectivity index (χ2n) is 8.60. The minimum atomic E-state index is 0.243. The van der Waals surface area contributed by atoms with Crippen LogP contribution in [0, 0.1) is 0 Å². The molecular weight excluding hydrogens is 352 g/mol. The van der Waals surface area contributed by atoms with Gasteiger partial charge in [-0.2, -0.15) is 0 Å². The standard InChI is InChI=1S/C22H32N4S/c1-4-13-25(14-5-1)18-7-6-15-26(16-12-18)22-23-21(24-27-22)20-9-3-2-8-19(20)17-10-11-17/h2-3,8-9,17-18,22H,1,4-7,10-16H2,(H,23,24). The van der Waals surface area contributed by atoms with Gasteiger partial charge >= 0.3 is 0 Å². The first-order valence-electron chi connectivity index (χ1n) is 11.0. The van der Waals surface area contributed by atoms with E-state index in [1.54, 1.807) is 11.9 Å². The fraction of sp³-hybridized carbons (Fsp3) is 0.682. The van der Waals surface area contributed by atoms with Crippen LogP contribution < -0.4 is 4.72 Å². The highest BCUT2D eigenvalue weighted by Crippen LogP contribution is 2.42. The summed E-state index contributed by atoms with van der Waals surface area (Å²) in [5.41, 5.74) is 3.06. The summed E-state index contributed by atoms with van der Waals surface area (Å²) in [6.45, 7) is 5.02. The maximum Gasteiger partial charge on any atom is 0.170 e. The van der Waals surface area contributed by atoms with E-state index in [0.717, 1.165) is 17.8 Å². The third-order valence-corrected chi connectivity index (χ3v) is 7.61. The van der Waals surface area contributed by atoms with Gasteiger partial charge in [-0.05, 0) is 81.5 Å². The van der Waals surface area contributed by atoms with Crippen molar-refractivity contribution in [2.45, 2.75) is 68.8 Å². The van der Waals surface area contributed by atoms with Gasteiger partial charge in [-0.3, -0.25) is 4.90 Å². The lowest BCUT2D eigenvalue weighted by molar-refractivity contribution is 0.147. The van der Waals surface area contributed by atoms with Gasteiger partial charge in [0.25, 0.3) is 0 Å². The fourth-order valence-corrected chi connectivity index (χ4v) is 5.88. The summed E-state index contributed by atoms with van der Waals surface area (Å²) in [4.78, 5) is 10.5. The molecule has 0 radical (unpaired) electrons. The van der Waals surface area contributed by atoms with Crippen molar-refractivity contribution in [3.63, 3.8) is 0 Å². The van der Waals surface area contributed by atoms with E-state index in [1.165, 1.54) is 88.7 Å². The fourth-order valence-electron chi connectivity index (χ4n) is 4.99. The molecule has 2 unspecified atom stereocenters. The highest BCUT2D eigenvalue weighted by atomic mass is 32.2. The molecule has 4 nitrogen and oxygen atoms in total. The average molecular weight is 385 g/mol. The molecule has 1 N–H and O–H groups in total. The Morgan fingerprint density at radius 1 is 0.852 bits per heavy atom. The van der Waals surface area contributed by atoms with Crippen LogP contribution in [0.15, 0.2) is 29.3 Å². The molecule has 3 aliphatic heterocycles. The lowest BCUT2D eigenvalue weighted by Gasteiger charge is -2.34. The lowest BCUT2D eigenvalue weighted by Crippen LogP contribution is -2.40. The Morgan fingerprint density at radius 2 is 1.67 bits per heavy atom. The monoisotopic (exact) mass is 384 g/mol. The molecule has 5 heteroatoms. The van der Waals surface area contributed by atoms with Crippen LogP contribution in [-0.4, -0.2) is 53.4 Å². The molecule has 1 aromatic rings. The highest BCUT2D eigenvalue weighted by Gasteiger charge is 2.32. The molecule has 2 atom stereocenters. The van der Waals surface area contributed by atoms with E-state index < -0.39 is 0 Å². The van der Waals surface area contributed by atoms with Crippen molar-refractivity contribution in [1.82, 2.24) is 14.5 Å². The Balaban J connectivity index is 1.25. The summed E-state index contributed by atoms with van der Waals surface area (Å²) < 4.78 is 3.55. The molecule has 0 bridgehead atoms. The summed E-state index contributed by atoms with van der Waals surface area (Å²) in [6, 6.07) is 9.67. The molecule has 2 saturated heterocycles. The minimum absolute atomic E-state index is 0.243. The number of nitrogens with zero attached hydrogens (tertiary/aromatic N) is 3. The van der Waals surface area contributed by atoms with E-state index in [-0.39, 0.29) is 5.50 Å². The van der Waals surface area contributed by atoms with Crippen LogP contribution in [0.5, 0.6) is 0 Å². The Kier molecular flexibility index (Phi) is 5.43. The molecule has 146 valence electrons. The third kappa shape index (κ3) is 4.06. The van der Waals surface area contributed by atoms with Gasteiger partial charge in [0.2, 0.25) is 0 Å². The molecule has 1 saturated carbocycles. The van der Waals surface area contributed by atoms with Gasteiger partial charge in [0, 0.05) is 24.7 Å². The number of rotatable bonds is 4. The zero-order chi connectivity index (χ0) is 18.1. The number of likely N-dealkylation sites (tertiary alicyclic amines) is 2. The molecular formula is C22H32N4S. The van der Waals surface area contributed by atoms with E-state index in [2.05, 4.69) is 38.8 Å². The van der Waals surface area contributed by atoms with E-state index in [0.29, 0.717) is 0 Å². The van der Waals surface area contributed by atoms with Crippen LogP contribution in [-0.2, 0) is 0 Å². The predicted molar refractivity (Wildman–Crippen MR) is 114 cm³/mol. The largest absolute Gasteiger partial charge is 0.311 e. The Morgan fingerprint density at radius 3 is 2.52 bits per heavy atom. The van der Waals surface area contributed by atoms with E-state index >= 15 is 0 Å². The van der Waals surface area contributed by atoms with Gasteiger partial charge in [0.05, 0.1) is 0 Å². The molecule has 4 aliphatic rings. The highest BCUT2D eigenvalue weighted by molar-refractivity contribution is 7.98. The van der Waals surface area contributed by atoms with E-state index in [1.807, 2.05) is 0 Å². The van der Waals surface area contributed by atoms with Crippen LogP contribution in [0.25, 0.3) is 0 Å². The maximum atomic E-state index is 5.11. The van der Waals surface area contributed by atoms with E-state index in [9.17, 15) is 0 Å². The van der Waals surface area contributed by atoms with Gasteiger partial charge in [0.1, 0.15) is 5.84 Å². The number of piperidine rings is 1. The number of aliphatic imine (C=N–C) groups is 1. The van der Waals surface area contributed by atoms with Crippen molar-refractivity contribution in [3.8, 4) is 0 Å². The summed E-state index contributed by atoms with van der Waals surface area (Å²) in [5.74, 6) is 1.86. The quantitative estimate of drug-likeness (QED) is 0.789. The molecule has 0 spiro atoms. The maximum absolute atomic E-state index is 5.11. The minimum Gasteiger partial charge on any atom is -0.311 e. The van der Waals surface area contributed by atoms with Crippen LogP contribution >= 0.6 is 11.9 Å². The number of benzene rings is 1. The number of hydrogen-bond donors (Lipinski definition) is 1. The van der Waals surface area contributed by atoms with Crippen LogP contribution in [0.1, 0.15) is 68.4 Å². The zero-order valence-electron chi connectivity index (χ0n) is 16.3. The topological polar surface area (TPSA) is 30.9 Å². The first kappa shape index (κ1) is 18.0. The SMILES string of the molecule is c1ccc(C2CC2)c(C2=NC(N3CCCC(N4CCCCC4)CC3)SN2)c1. The number of amidine groups is 1. The average Bonchev–Trinajstić information content (AvgIpc) is 3.51. The Hall–Kier alpha value is -1.04. The summed E-state index contributed by atoms with van der Waals surface area (Å²) in [5, 5.41) is 0. The van der Waals surface area contributed by atoms with Gasteiger partial charge in [-0.1, -0.05) is 30.7 Å². The molecule has 0 amide bonds. The number of nitrogens with one attached hydrogen (secondary N) is 1. The lowest BCUT2D eigenvalue weighted by atomic mass is 10.0. The van der Waals surface area contributed by atoms with Crippen LogP contribution in [0.2, 0.25) is 0 Å². The molecule has 3 heterocycles. The molecule has 1 aromatic carbocycles. The van der Waals surface area contributed by atoms with Crippen molar-refractivity contribution in [1.29, 1.82) is 0 Å². The summed E-state index contributed by atoms with van der Waals surface area (Å²) >= 11 is 1.80. The third-order valence-electron chi connectivity index (χ3n) is 6.69. The zero-order valence-corrected chi connectivity index (χ0v) is 17.1. The normalized spacial score (nSPS) is 30.6. The second kappa shape index (κ2) is 8.14. The van der Waals surface area contributed by atoms with Crippen LogP contribution in [0.3, 0.4) is 0 Å². The number of hydrogen-bond acceptors (Lipinski definition) is 5. The second-order valence-corrected chi connectivity index (χ2v) is 9.46. The van der Waals surface area contributed by atoms with Crippen molar-refractivity contribution >= 4 is 17.8 Å². The summed E-state index contributed by atoms with van der Waals surface area (Å²) in [7, 11) is 0. The molecule has 27 heavy (non-hydrogen) atoms. The van der Waals surface area contributed by atoms with Gasteiger partial charge in [-0.15, -0.1) is 0 Å². The molecule has 5 rings (SSSR count). The first-order valence-corrected chi connectivity index (χ1v) is 11.8. The van der Waals surface area contributed by atoms with Crippen molar-refractivity contribution in [2.75, 3.05) is 26.2 Å². The van der Waals surface area contributed by atoms with Gasteiger partial charge in [-0.25, -0.2) is 4.99 Å².